The third-order valence-electron chi connectivity index (χ3n) is 3.33. The fraction of sp³-hybridized carbons (Fsp3) is 0.188. The largest absolute Gasteiger partial charge is 0.347 e. The molecule has 3 aromatic rings. The summed E-state index contributed by atoms with van der Waals surface area (Å²) < 4.78 is 15.2. The van der Waals surface area contributed by atoms with Crippen molar-refractivity contribution in [2.45, 2.75) is 19.4 Å². The van der Waals surface area contributed by atoms with Crippen molar-refractivity contribution in [1.29, 1.82) is 0 Å². The Morgan fingerprint density at radius 2 is 2.15 bits per heavy atom. The van der Waals surface area contributed by atoms with Gasteiger partial charge in [-0.3, -0.25) is 4.79 Å². The van der Waals surface area contributed by atoms with E-state index in [4.69, 9.17) is 0 Å². The number of nitrogens with zero attached hydrogens (tertiary/aromatic N) is 1. The van der Waals surface area contributed by atoms with Crippen LogP contribution in [-0.4, -0.2) is 10.4 Å². The van der Waals surface area contributed by atoms with E-state index in [9.17, 15) is 9.18 Å². The van der Waals surface area contributed by atoms with E-state index >= 15 is 0 Å². The lowest BCUT2D eigenvalue weighted by Gasteiger charge is -2.04. The van der Waals surface area contributed by atoms with E-state index in [1.54, 1.807) is 6.07 Å². The normalized spacial score (nSPS) is 11.1. The molecule has 0 aliphatic heterocycles. The number of ketones is 1. The van der Waals surface area contributed by atoms with Crippen LogP contribution in [0.4, 0.5) is 4.39 Å². The summed E-state index contributed by atoms with van der Waals surface area (Å²) in [5, 5.41) is 2.82. The summed E-state index contributed by atoms with van der Waals surface area (Å²) in [6.45, 7) is 0.770. The van der Waals surface area contributed by atoms with Crippen LogP contribution in [0.15, 0.2) is 48.0 Å². The first kappa shape index (κ1) is 13.1. The first-order chi connectivity index (χ1) is 9.74. The van der Waals surface area contributed by atoms with E-state index in [0.717, 1.165) is 28.7 Å². The summed E-state index contributed by atoms with van der Waals surface area (Å²) in [7, 11) is 0. The Kier molecular flexibility index (Phi) is 3.65. The smallest absolute Gasteiger partial charge is 0.172 e. The zero-order valence-corrected chi connectivity index (χ0v) is 11.7. The van der Waals surface area contributed by atoms with Gasteiger partial charge >= 0.3 is 0 Å². The lowest BCUT2D eigenvalue weighted by atomic mass is 10.2. The molecule has 0 aliphatic carbocycles. The predicted molar refractivity (Wildman–Crippen MR) is 79.8 cm³/mol. The topological polar surface area (TPSA) is 22.0 Å². The van der Waals surface area contributed by atoms with Gasteiger partial charge in [0.05, 0.1) is 4.88 Å². The van der Waals surface area contributed by atoms with Crippen molar-refractivity contribution in [2.24, 2.45) is 0 Å². The monoisotopic (exact) mass is 287 g/mol. The number of carbonyl (C=O) groups is 1. The molecule has 0 unspecified atom stereocenters. The molecular weight excluding hydrogens is 273 g/mol. The minimum atomic E-state index is -0.219. The van der Waals surface area contributed by atoms with Gasteiger partial charge in [0.25, 0.3) is 0 Å². The summed E-state index contributed by atoms with van der Waals surface area (Å²) in [4.78, 5) is 12.7. The first-order valence-corrected chi connectivity index (χ1v) is 7.43. The Labute approximate surface area is 120 Å². The van der Waals surface area contributed by atoms with Crippen LogP contribution in [0.5, 0.6) is 0 Å². The van der Waals surface area contributed by atoms with Crippen molar-refractivity contribution in [3.8, 4) is 0 Å². The molecule has 2 nitrogen and oxygen atoms in total. The van der Waals surface area contributed by atoms with Gasteiger partial charge in [-0.2, -0.15) is 0 Å². The summed E-state index contributed by atoms with van der Waals surface area (Å²) in [6.07, 6.45) is 3.28. The van der Waals surface area contributed by atoms with Crippen molar-refractivity contribution in [3.63, 3.8) is 0 Å². The van der Waals surface area contributed by atoms with Crippen molar-refractivity contribution in [3.05, 3.63) is 58.7 Å². The van der Waals surface area contributed by atoms with E-state index in [2.05, 4.69) is 4.57 Å². The third-order valence-corrected chi connectivity index (χ3v) is 4.24. The quantitative estimate of drug-likeness (QED) is 0.633. The molecular formula is C16H14FNOS. The maximum absolute atomic E-state index is 13.1. The zero-order chi connectivity index (χ0) is 13.9. The standard InChI is InChI=1S/C16H14FNOS/c17-13-5-6-14-12(11-13)7-9-18(14)8-1-3-15(19)16-4-2-10-20-16/h2,4-7,9-11H,1,3,8H2. The summed E-state index contributed by atoms with van der Waals surface area (Å²) >= 11 is 1.49. The van der Waals surface area contributed by atoms with Crippen LogP contribution in [0.1, 0.15) is 22.5 Å². The van der Waals surface area contributed by atoms with E-state index in [0.29, 0.717) is 6.42 Å². The van der Waals surface area contributed by atoms with Gasteiger partial charge in [0.15, 0.2) is 5.78 Å². The zero-order valence-electron chi connectivity index (χ0n) is 10.9. The molecule has 0 radical (unpaired) electrons. The van der Waals surface area contributed by atoms with E-state index in [1.807, 2.05) is 29.8 Å². The molecule has 1 aromatic carbocycles. The molecule has 0 amide bonds. The molecule has 0 saturated heterocycles. The fourth-order valence-electron chi connectivity index (χ4n) is 2.34. The average molecular weight is 287 g/mol. The van der Waals surface area contributed by atoms with Gasteiger partial charge in [-0.25, -0.2) is 4.39 Å². The molecule has 2 heterocycles. The van der Waals surface area contributed by atoms with Crippen LogP contribution in [0, 0.1) is 5.82 Å². The van der Waals surface area contributed by atoms with Crippen molar-refractivity contribution in [1.82, 2.24) is 4.57 Å². The molecule has 0 aliphatic rings. The third kappa shape index (κ3) is 2.65. The number of halogens is 1. The number of aromatic nitrogens is 1. The molecule has 0 N–H and O–H groups in total. The van der Waals surface area contributed by atoms with Crippen LogP contribution in [-0.2, 0) is 6.54 Å². The molecule has 20 heavy (non-hydrogen) atoms. The number of Topliss-reactive ketones (excluding diaryl/α,β-unsaturated/α-hetero) is 1. The second-order valence-corrected chi connectivity index (χ2v) is 5.66. The van der Waals surface area contributed by atoms with Gasteiger partial charge in [-0.15, -0.1) is 11.3 Å². The Morgan fingerprint density at radius 3 is 2.95 bits per heavy atom. The number of hydrogen-bond donors (Lipinski definition) is 0. The van der Waals surface area contributed by atoms with Crippen LogP contribution < -0.4 is 0 Å². The Bertz CT molecular complexity index is 730. The average Bonchev–Trinajstić information content (AvgIpc) is 3.08. The number of hydrogen-bond acceptors (Lipinski definition) is 2. The highest BCUT2D eigenvalue weighted by Gasteiger charge is 2.07. The van der Waals surface area contributed by atoms with Crippen LogP contribution in [0.2, 0.25) is 0 Å². The van der Waals surface area contributed by atoms with Gasteiger partial charge in [0, 0.05) is 30.1 Å². The van der Waals surface area contributed by atoms with Crippen molar-refractivity contribution in [2.75, 3.05) is 0 Å². The van der Waals surface area contributed by atoms with E-state index < -0.39 is 0 Å². The Morgan fingerprint density at radius 1 is 1.25 bits per heavy atom. The molecule has 0 bridgehead atoms. The highest BCUT2D eigenvalue weighted by atomic mass is 32.1. The summed E-state index contributed by atoms with van der Waals surface area (Å²) in [5.74, 6) is -0.0226. The van der Waals surface area contributed by atoms with Crippen molar-refractivity contribution >= 4 is 28.0 Å². The fourth-order valence-corrected chi connectivity index (χ4v) is 3.03. The summed E-state index contributed by atoms with van der Waals surface area (Å²) in [6, 6.07) is 10.4. The lowest BCUT2D eigenvalue weighted by molar-refractivity contribution is 0.0982. The molecule has 0 spiro atoms. The highest BCUT2D eigenvalue weighted by molar-refractivity contribution is 7.12. The SMILES string of the molecule is O=C(CCCn1ccc2cc(F)ccc21)c1cccs1. The molecule has 3 rings (SSSR count). The molecule has 0 fully saturated rings. The predicted octanol–water partition coefficient (Wildman–Crippen LogP) is 4.51. The van der Waals surface area contributed by atoms with Gasteiger partial charge in [0.2, 0.25) is 0 Å². The molecule has 0 atom stereocenters. The second kappa shape index (κ2) is 5.59. The molecule has 4 heteroatoms. The van der Waals surface area contributed by atoms with Crippen LogP contribution in [0.25, 0.3) is 10.9 Å². The van der Waals surface area contributed by atoms with Crippen molar-refractivity contribution < 1.29 is 9.18 Å². The lowest BCUT2D eigenvalue weighted by Crippen LogP contribution is -2.01. The highest BCUT2D eigenvalue weighted by Crippen LogP contribution is 2.18. The maximum atomic E-state index is 13.1. The van der Waals surface area contributed by atoms with E-state index in [1.165, 1.54) is 23.5 Å². The molecule has 102 valence electrons. The number of fused-ring (bicyclic) bond motifs is 1. The van der Waals surface area contributed by atoms with Crippen LogP contribution >= 0.6 is 11.3 Å². The number of carbonyl (C=O) groups excluding carboxylic acids is 1. The minimum Gasteiger partial charge on any atom is -0.347 e. The number of rotatable bonds is 5. The summed E-state index contributed by atoms with van der Waals surface area (Å²) in [5.41, 5.74) is 1.01. The van der Waals surface area contributed by atoms with Crippen LogP contribution in [0.3, 0.4) is 0 Å². The maximum Gasteiger partial charge on any atom is 0.172 e. The number of aryl methyl sites for hydroxylation is 1. The minimum absolute atomic E-state index is 0.197. The Hall–Kier alpha value is -1.94. The number of benzene rings is 1. The van der Waals surface area contributed by atoms with Gasteiger partial charge in [-0.05, 0) is 42.1 Å². The molecule has 2 aromatic heterocycles. The van der Waals surface area contributed by atoms with Gasteiger partial charge in [0.1, 0.15) is 5.82 Å². The first-order valence-electron chi connectivity index (χ1n) is 6.55. The Balaban J connectivity index is 1.64. The number of thiophene rings is 1. The van der Waals surface area contributed by atoms with Gasteiger partial charge < -0.3 is 4.57 Å². The van der Waals surface area contributed by atoms with E-state index in [-0.39, 0.29) is 11.6 Å². The second-order valence-electron chi connectivity index (χ2n) is 4.72. The molecule has 0 saturated carbocycles. The van der Waals surface area contributed by atoms with Gasteiger partial charge in [-0.1, -0.05) is 6.07 Å².